The van der Waals surface area contributed by atoms with Crippen molar-refractivity contribution in [1.82, 2.24) is 14.5 Å². The number of nitrogens with zero attached hydrogens (tertiary/aromatic N) is 4. The zero-order chi connectivity index (χ0) is 26.5. The molecule has 0 aliphatic heterocycles. The number of rotatable bonds is 11. The van der Waals surface area contributed by atoms with E-state index < -0.39 is 5.41 Å². The number of Topliss-reactive ketones (excluding diaryl/α,β-unsaturated/α-hetero) is 1. The van der Waals surface area contributed by atoms with Crippen LogP contribution in [0.5, 0.6) is 23.3 Å². The number of unbranched alkanes of at least 4 members (excludes halogenated alkanes) is 1. The number of nitriles is 1. The van der Waals surface area contributed by atoms with E-state index in [1.54, 1.807) is 16.8 Å². The number of benzene rings is 1. The van der Waals surface area contributed by atoms with Gasteiger partial charge < -0.3 is 29.6 Å². The van der Waals surface area contributed by atoms with Crippen LogP contribution in [0.2, 0.25) is 0 Å². The van der Waals surface area contributed by atoms with E-state index in [-0.39, 0.29) is 48.0 Å². The van der Waals surface area contributed by atoms with Crippen LogP contribution in [0.15, 0.2) is 18.3 Å². The quantitative estimate of drug-likeness (QED) is 0.292. The molecule has 10 heteroatoms. The Balaban J connectivity index is 1.96. The lowest BCUT2D eigenvalue weighted by atomic mass is 9.84. The fourth-order valence-electron chi connectivity index (χ4n) is 3.67. The molecule has 0 saturated heterocycles. The molecular formula is C26H33N5O5. The van der Waals surface area contributed by atoms with E-state index in [0.717, 1.165) is 0 Å². The van der Waals surface area contributed by atoms with Gasteiger partial charge in [0.1, 0.15) is 16.9 Å². The maximum absolute atomic E-state index is 13.4. The molecule has 0 amide bonds. The zero-order valence-electron chi connectivity index (χ0n) is 21.4. The molecule has 0 saturated carbocycles. The molecule has 3 aromatic rings. The highest BCUT2D eigenvalue weighted by Crippen LogP contribution is 2.39. The highest BCUT2D eigenvalue weighted by Gasteiger charge is 2.25. The number of hydrogen-bond donors (Lipinski definition) is 2. The van der Waals surface area contributed by atoms with Crippen LogP contribution in [-0.4, -0.2) is 45.2 Å². The van der Waals surface area contributed by atoms with Crippen molar-refractivity contribution in [3.8, 4) is 29.3 Å². The Morgan fingerprint density at radius 3 is 2.42 bits per heavy atom. The monoisotopic (exact) mass is 495 g/mol. The van der Waals surface area contributed by atoms with E-state index in [0.29, 0.717) is 48.2 Å². The van der Waals surface area contributed by atoms with Crippen LogP contribution < -0.4 is 19.9 Å². The average molecular weight is 496 g/mol. The van der Waals surface area contributed by atoms with Crippen LogP contribution in [0.25, 0.3) is 11.0 Å². The first-order valence-corrected chi connectivity index (χ1v) is 11.9. The SMILES string of the molecule is CCOc1nc2cn(CC(=O)c3cc(OCCCC#N)c(O)c(C(C)(C)C)c3)c(N)c2nc1OCC. The van der Waals surface area contributed by atoms with E-state index >= 15 is 0 Å². The van der Waals surface area contributed by atoms with E-state index in [1.165, 1.54) is 6.07 Å². The molecule has 192 valence electrons. The fourth-order valence-corrected chi connectivity index (χ4v) is 3.67. The maximum atomic E-state index is 13.4. The molecule has 3 N–H and O–H groups in total. The molecule has 0 aliphatic rings. The summed E-state index contributed by atoms with van der Waals surface area (Å²) in [5, 5.41) is 19.5. The molecule has 2 heterocycles. The Bertz CT molecular complexity index is 1290. The summed E-state index contributed by atoms with van der Waals surface area (Å²) in [5.41, 5.74) is 7.73. The third-order valence-electron chi connectivity index (χ3n) is 5.46. The lowest BCUT2D eigenvalue weighted by molar-refractivity contribution is 0.0972. The molecule has 3 rings (SSSR count). The molecule has 0 aliphatic carbocycles. The molecule has 0 atom stereocenters. The van der Waals surface area contributed by atoms with Crippen LogP contribution in [0, 0.1) is 11.3 Å². The number of phenolic OH excluding ortho intramolecular Hbond substituents is 1. The van der Waals surface area contributed by atoms with Gasteiger partial charge in [-0.2, -0.15) is 5.26 Å². The summed E-state index contributed by atoms with van der Waals surface area (Å²) in [6, 6.07) is 5.26. The summed E-state index contributed by atoms with van der Waals surface area (Å²) < 4.78 is 18.4. The second-order valence-electron chi connectivity index (χ2n) is 9.23. The molecule has 2 aromatic heterocycles. The van der Waals surface area contributed by atoms with Crippen molar-refractivity contribution in [2.75, 3.05) is 25.6 Å². The zero-order valence-corrected chi connectivity index (χ0v) is 21.4. The molecule has 0 fully saturated rings. The average Bonchev–Trinajstić information content (AvgIpc) is 3.11. The second kappa shape index (κ2) is 11.2. The topological polar surface area (TPSA) is 146 Å². The molecule has 0 spiro atoms. The maximum Gasteiger partial charge on any atom is 0.278 e. The summed E-state index contributed by atoms with van der Waals surface area (Å²) >= 11 is 0. The van der Waals surface area contributed by atoms with Gasteiger partial charge in [0.05, 0.1) is 32.4 Å². The number of nitrogen functional groups attached to an aromatic ring is 1. The van der Waals surface area contributed by atoms with Crippen LogP contribution in [0.3, 0.4) is 0 Å². The third kappa shape index (κ3) is 5.79. The molecule has 36 heavy (non-hydrogen) atoms. The number of aromatic nitrogens is 3. The summed E-state index contributed by atoms with van der Waals surface area (Å²) in [7, 11) is 0. The molecule has 0 bridgehead atoms. The van der Waals surface area contributed by atoms with Crippen molar-refractivity contribution in [2.45, 2.75) is 59.4 Å². The number of phenols is 1. The van der Waals surface area contributed by atoms with Gasteiger partial charge >= 0.3 is 0 Å². The van der Waals surface area contributed by atoms with Crippen molar-refractivity contribution in [1.29, 1.82) is 5.26 Å². The Labute approximate surface area is 210 Å². The minimum Gasteiger partial charge on any atom is -0.504 e. The number of nitrogens with two attached hydrogens (primary N) is 1. The molecule has 0 radical (unpaired) electrons. The van der Waals surface area contributed by atoms with Crippen molar-refractivity contribution in [3.63, 3.8) is 0 Å². The predicted molar refractivity (Wildman–Crippen MR) is 136 cm³/mol. The van der Waals surface area contributed by atoms with Gasteiger partial charge in [0, 0.05) is 23.7 Å². The Morgan fingerprint density at radius 2 is 1.81 bits per heavy atom. The van der Waals surface area contributed by atoms with Crippen LogP contribution >= 0.6 is 0 Å². The van der Waals surface area contributed by atoms with Gasteiger partial charge in [0.2, 0.25) is 0 Å². The first-order chi connectivity index (χ1) is 17.1. The lowest BCUT2D eigenvalue weighted by Gasteiger charge is -2.23. The normalized spacial score (nSPS) is 11.3. The molecule has 10 nitrogen and oxygen atoms in total. The van der Waals surface area contributed by atoms with Crippen molar-refractivity contribution in [3.05, 3.63) is 29.5 Å². The number of aromatic hydroxyl groups is 1. The highest BCUT2D eigenvalue weighted by molar-refractivity contribution is 5.98. The first-order valence-electron chi connectivity index (χ1n) is 11.9. The van der Waals surface area contributed by atoms with Crippen LogP contribution in [-0.2, 0) is 12.0 Å². The van der Waals surface area contributed by atoms with E-state index in [9.17, 15) is 9.90 Å². The number of fused-ring (bicyclic) bond motifs is 1. The van der Waals surface area contributed by atoms with E-state index in [4.69, 9.17) is 25.2 Å². The van der Waals surface area contributed by atoms with Crippen LogP contribution in [0.4, 0.5) is 5.82 Å². The lowest BCUT2D eigenvalue weighted by Crippen LogP contribution is -2.16. The largest absolute Gasteiger partial charge is 0.504 e. The summed E-state index contributed by atoms with van der Waals surface area (Å²) in [4.78, 5) is 22.3. The number of hydrogen-bond acceptors (Lipinski definition) is 9. The first kappa shape index (κ1) is 26.6. The molecule has 0 unspecified atom stereocenters. The Hall–Kier alpha value is -4.00. The van der Waals surface area contributed by atoms with Crippen molar-refractivity contribution < 1.29 is 24.1 Å². The third-order valence-corrected chi connectivity index (χ3v) is 5.46. The summed E-state index contributed by atoms with van der Waals surface area (Å²) in [6.07, 6.45) is 2.50. The van der Waals surface area contributed by atoms with E-state index in [2.05, 4.69) is 16.0 Å². The van der Waals surface area contributed by atoms with Crippen molar-refractivity contribution >= 4 is 22.6 Å². The van der Waals surface area contributed by atoms with Gasteiger partial charge in [-0.3, -0.25) is 4.79 Å². The summed E-state index contributed by atoms with van der Waals surface area (Å²) in [5.74, 6) is 0.751. The van der Waals surface area contributed by atoms with Gasteiger partial charge in [-0.15, -0.1) is 0 Å². The molecular weight excluding hydrogens is 462 g/mol. The number of carbonyl (C=O) groups is 1. The van der Waals surface area contributed by atoms with Gasteiger partial charge in [-0.1, -0.05) is 20.8 Å². The van der Waals surface area contributed by atoms with Gasteiger partial charge in [0.25, 0.3) is 11.8 Å². The number of anilines is 1. The summed E-state index contributed by atoms with van der Waals surface area (Å²) in [6.45, 7) is 10.5. The number of ether oxygens (including phenoxy) is 3. The number of ketones is 1. The van der Waals surface area contributed by atoms with Gasteiger partial charge in [0.15, 0.2) is 17.3 Å². The highest BCUT2D eigenvalue weighted by atomic mass is 16.5. The minimum absolute atomic E-state index is 0.0115. The van der Waals surface area contributed by atoms with Crippen LogP contribution in [0.1, 0.15) is 63.4 Å². The smallest absolute Gasteiger partial charge is 0.278 e. The standard InChI is InChI=1S/C26H33N5O5/c1-6-34-24-25(35-7-2)30-21-18(29-24)14-31(23(21)28)15-19(32)16-12-17(26(3,4)5)22(33)20(13-16)36-11-9-8-10-27/h12-14,33H,6-9,11,15,28H2,1-5H3. The second-order valence-corrected chi connectivity index (χ2v) is 9.23. The Morgan fingerprint density at radius 1 is 1.14 bits per heavy atom. The fraction of sp³-hybridized carbons (Fsp3) is 0.462. The van der Waals surface area contributed by atoms with Crippen molar-refractivity contribution in [2.24, 2.45) is 0 Å². The predicted octanol–water partition coefficient (Wildman–Crippen LogP) is 4.38. The van der Waals surface area contributed by atoms with Gasteiger partial charge in [-0.05, 0) is 37.8 Å². The Kier molecular flexibility index (Phi) is 8.25. The van der Waals surface area contributed by atoms with E-state index in [1.807, 2.05) is 34.6 Å². The number of carbonyl (C=O) groups excluding carboxylic acids is 1. The van der Waals surface area contributed by atoms with Gasteiger partial charge in [-0.25, -0.2) is 9.97 Å². The minimum atomic E-state index is -0.439. The molecule has 1 aromatic carbocycles.